The van der Waals surface area contributed by atoms with Crippen LogP contribution in [0.3, 0.4) is 0 Å². The van der Waals surface area contributed by atoms with Crippen molar-refractivity contribution in [2.24, 2.45) is 5.16 Å². The Labute approximate surface area is 207 Å². The summed E-state index contributed by atoms with van der Waals surface area (Å²) in [5.74, 6) is -1.04. The van der Waals surface area contributed by atoms with E-state index in [1.807, 2.05) is 60.7 Å². The average Bonchev–Trinajstić information content (AvgIpc) is 3.30. The lowest BCUT2D eigenvalue weighted by molar-refractivity contribution is -0.129. The summed E-state index contributed by atoms with van der Waals surface area (Å²) in [4.78, 5) is 29.4. The molecule has 3 aromatic rings. The standard InChI is InChI=1S/C16H13NO3.C9H10Cl2N2O/c18-15(19)14-11-16(20-17-14,12-7-3-1-4-8-12)13-9-5-2-6-10-13;1-13(2)9(14)12-6-3-4-7(10)8(11)5-6/h1-10H,11H2,(H,18,19);3-5H,1-2H3,(H,12,14). The van der Waals surface area contributed by atoms with Crippen LogP contribution in [0.5, 0.6) is 0 Å². The number of aliphatic carboxylic acids is 1. The van der Waals surface area contributed by atoms with Gasteiger partial charge in [0.25, 0.3) is 0 Å². The average molecular weight is 500 g/mol. The van der Waals surface area contributed by atoms with Crippen molar-refractivity contribution in [3.8, 4) is 0 Å². The summed E-state index contributed by atoms with van der Waals surface area (Å²) < 4.78 is 0. The minimum absolute atomic E-state index is 0.0395. The maximum atomic E-state index is 11.2. The number of hydrogen-bond donors (Lipinski definition) is 2. The Morgan fingerprint density at radius 2 is 1.50 bits per heavy atom. The number of anilines is 1. The molecule has 0 spiro atoms. The molecule has 176 valence electrons. The number of nitrogens with zero attached hydrogens (tertiary/aromatic N) is 2. The molecule has 34 heavy (non-hydrogen) atoms. The van der Waals surface area contributed by atoms with Gasteiger partial charge in [-0.3, -0.25) is 0 Å². The Balaban J connectivity index is 0.000000204. The van der Waals surface area contributed by atoms with Gasteiger partial charge in [0.1, 0.15) is 0 Å². The van der Waals surface area contributed by atoms with E-state index in [-0.39, 0.29) is 18.2 Å². The van der Waals surface area contributed by atoms with Crippen LogP contribution < -0.4 is 5.32 Å². The third-order valence-electron chi connectivity index (χ3n) is 5.03. The van der Waals surface area contributed by atoms with Gasteiger partial charge in [0.2, 0.25) is 0 Å². The maximum Gasteiger partial charge on any atom is 0.353 e. The van der Waals surface area contributed by atoms with Gasteiger partial charge < -0.3 is 20.2 Å². The van der Waals surface area contributed by atoms with Crippen LogP contribution in [0.15, 0.2) is 84.0 Å². The first-order valence-electron chi connectivity index (χ1n) is 10.3. The van der Waals surface area contributed by atoms with E-state index in [0.717, 1.165) is 11.1 Å². The summed E-state index contributed by atoms with van der Waals surface area (Å²) in [7, 11) is 3.32. The summed E-state index contributed by atoms with van der Waals surface area (Å²) >= 11 is 11.5. The van der Waals surface area contributed by atoms with E-state index in [9.17, 15) is 9.59 Å². The summed E-state index contributed by atoms with van der Waals surface area (Å²) in [5.41, 5.74) is 1.60. The van der Waals surface area contributed by atoms with Crippen molar-refractivity contribution in [2.45, 2.75) is 12.0 Å². The molecule has 0 radical (unpaired) electrons. The largest absolute Gasteiger partial charge is 0.477 e. The van der Waals surface area contributed by atoms with Crippen molar-refractivity contribution >= 4 is 46.6 Å². The van der Waals surface area contributed by atoms with Crippen LogP contribution in [0, 0.1) is 0 Å². The van der Waals surface area contributed by atoms with Crippen molar-refractivity contribution in [1.29, 1.82) is 0 Å². The number of urea groups is 1. The lowest BCUT2D eigenvalue weighted by Crippen LogP contribution is -2.29. The minimum atomic E-state index is -1.04. The number of hydrogen-bond acceptors (Lipinski definition) is 4. The zero-order valence-electron chi connectivity index (χ0n) is 18.5. The Morgan fingerprint density at radius 3 is 1.94 bits per heavy atom. The second-order valence-corrected chi connectivity index (χ2v) is 8.44. The quantitative estimate of drug-likeness (QED) is 0.468. The normalized spacial score (nSPS) is 13.6. The minimum Gasteiger partial charge on any atom is -0.477 e. The van der Waals surface area contributed by atoms with Gasteiger partial charge in [0.05, 0.1) is 16.5 Å². The summed E-state index contributed by atoms with van der Waals surface area (Å²) in [6, 6.07) is 23.9. The SMILES string of the molecule is CN(C)C(=O)Nc1ccc(Cl)c(Cl)c1.O=C(O)C1=NOC(c2ccccc2)(c2ccccc2)C1. The van der Waals surface area contributed by atoms with Crippen molar-refractivity contribution in [3.05, 3.63) is 100 Å². The van der Waals surface area contributed by atoms with Crippen molar-refractivity contribution in [2.75, 3.05) is 19.4 Å². The van der Waals surface area contributed by atoms with E-state index in [0.29, 0.717) is 15.7 Å². The number of benzene rings is 3. The number of rotatable bonds is 4. The van der Waals surface area contributed by atoms with Gasteiger partial charge >= 0.3 is 12.0 Å². The highest BCUT2D eigenvalue weighted by Gasteiger charge is 2.44. The smallest absolute Gasteiger partial charge is 0.353 e. The van der Waals surface area contributed by atoms with Crippen LogP contribution in [0.1, 0.15) is 17.5 Å². The monoisotopic (exact) mass is 499 g/mol. The van der Waals surface area contributed by atoms with E-state index in [1.165, 1.54) is 4.90 Å². The Kier molecular flexibility index (Phi) is 8.15. The predicted octanol–water partition coefficient (Wildman–Crippen LogP) is 5.88. The molecule has 0 unspecified atom stereocenters. The molecule has 4 rings (SSSR count). The molecular formula is C25H23Cl2N3O4. The van der Waals surface area contributed by atoms with Crippen LogP contribution in [0.25, 0.3) is 0 Å². The fraction of sp³-hybridized carbons (Fsp3) is 0.160. The van der Waals surface area contributed by atoms with Gasteiger partial charge in [-0.25, -0.2) is 9.59 Å². The predicted molar refractivity (Wildman–Crippen MR) is 134 cm³/mol. The van der Waals surface area contributed by atoms with Gasteiger partial charge in [-0.05, 0) is 18.2 Å². The van der Waals surface area contributed by atoms with E-state index < -0.39 is 11.6 Å². The van der Waals surface area contributed by atoms with Crippen molar-refractivity contribution in [3.63, 3.8) is 0 Å². The number of oxime groups is 1. The van der Waals surface area contributed by atoms with Gasteiger partial charge in [0, 0.05) is 30.9 Å². The van der Waals surface area contributed by atoms with Crippen LogP contribution >= 0.6 is 23.2 Å². The molecule has 2 N–H and O–H groups in total. The van der Waals surface area contributed by atoms with Crippen LogP contribution in [0.2, 0.25) is 10.0 Å². The zero-order chi connectivity index (χ0) is 24.7. The first-order chi connectivity index (χ1) is 16.2. The molecule has 2 amide bonds. The van der Waals surface area contributed by atoms with E-state index in [4.69, 9.17) is 33.1 Å². The number of halogens is 2. The number of carbonyl (C=O) groups is 2. The van der Waals surface area contributed by atoms with Gasteiger partial charge in [-0.1, -0.05) is 89.0 Å². The fourth-order valence-electron chi connectivity index (χ4n) is 3.25. The maximum absolute atomic E-state index is 11.2. The first kappa shape index (κ1) is 25.1. The topological polar surface area (TPSA) is 91.2 Å². The van der Waals surface area contributed by atoms with E-state index in [2.05, 4.69) is 10.5 Å². The molecule has 0 bridgehead atoms. The Bertz CT molecular complexity index is 1150. The third kappa shape index (κ3) is 5.87. The highest BCUT2D eigenvalue weighted by Crippen LogP contribution is 2.41. The van der Waals surface area contributed by atoms with Crippen molar-refractivity contribution in [1.82, 2.24) is 4.90 Å². The Hall–Kier alpha value is -3.55. The number of carboxylic acid groups (broad SMARTS) is 1. The molecule has 1 aliphatic rings. The zero-order valence-corrected chi connectivity index (χ0v) is 20.0. The molecule has 0 saturated heterocycles. The number of amides is 2. The summed E-state index contributed by atoms with van der Waals surface area (Å²) in [6.45, 7) is 0. The molecule has 0 atom stereocenters. The fourth-order valence-corrected chi connectivity index (χ4v) is 3.55. The molecular weight excluding hydrogens is 477 g/mol. The van der Waals surface area contributed by atoms with Crippen LogP contribution in [-0.4, -0.2) is 41.8 Å². The molecule has 7 nitrogen and oxygen atoms in total. The highest BCUT2D eigenvalue weighted by molar-refractivity contribution is 6.42. The third-order valence-corrected chi connectivity index (χ3v) is 5.77. The second-order valence-electron chi connectivity index (χ2n) is 7.62. The van der Waals surface area contributed by atoms with Crippen molar-refractivity contribution < 1.29 is 19.5 Å². The molecule has 1 aliphatic heterocycles. The molecule has 0 aromatic heterocycles. The molecule has 0 saturated carbocycles. The molecule has 3 aromatic carbocycles. The first-order valence-corrected chi connectivity index (χ1v) is 11.0. The summed E-state index contributed by atoms with van der Waals surface area (Å²) in [6.07, 6.45) is 0.219. The van der Waals surface area contributed by atoms with E-state index >= 15 is 0 Å². The lowest BCUT2D eigenvalue weighted by Gasteiger charge is -2.27. The Morgan fingerprint density at radius 1 is 0.941 bits per heavy atom. The van der Waals surface area contributed by atoms with Gasteiger partial charge in [-0.2, -0.15) is 0 Å². The molecule has 1 heterocycles. The molecule has 9 heteroatoms. The number of carbonyl (C=O) groups excluding carboxylic acids is 1. The molecule has 0 aliphatic carbocycles. The second kappa shape index (κ2) is 11.0. The van der Waals surface area contributed by atoms with Crippen LogP contribution in [-0.2, 0) is 15.2 Å². The highest BCUT2D eigenvalue weighted by atomic mass is 35.5. The number of carboxylic acids is 1. The lowest BCUT2D eigenvalue weighted by atomic mass is 9.82. The molecule has 0 fully saturated rings. The van der Waals surface area contributed by atoms with Crippen LogP contribution in [0.4, 0.5) is 10.5 Å². The van der Waals surface area contributed by atoms with E-state index in [1.54, 1.807) is 32.3 Å². The number of nitrogens with one attached hydrogen (secondary N) is 1. The summed E-state index contributed by atoms with van der Waals surface area (Å²) in [5, 5.41) is 16.4. The van der Waals surface area contributed by atoms with Gasteiger partial charge in [0.15, 0.2) is 11.3 Å². The van der Waals surface area contributed by atoms with Gasteiger partial charge in [-0.15, -0.1) is 0 Å².